The summed E-state index contributed by atoms with van der Waals surface area (Å²) in [5, 5.41) is 9.56. The molecule has 4 aromatic rings. The zero-order valence-electron chi connectivity index (χ0n) is 14.4. The number of nitrogens with one attached hydrogen (secondary N) is 1. The van der Waals surface area contributed by atoms with Gasteiger partial charge in [-0.15, -0.1) is 10.2 Å². The highest BCUT2D eigenvalue weighted by atomic mass is 32.2. The molecule has 1 N–H and O–H groups in total. The molecule has 0 amide bonds. The molecule has 9 heteroatoms. The summed E-state index contributed by atoms with van der Waals surface area (Å²) >= 11 is 1.35. The van der Waals surface area contributed by atoms with E-state index in [9.17, 15) is 13.2 Å². The Labute approximate surface area is 161 Å². The number of thioether (sulfide) groups is 1. The van der Waals surface area contributed by atoms with Crippen molar-refractivity contribution in [1.82, 2.24) is 15.2 Å². The van der Waals surface area contributed by atoms with Crippen LogP contribution in [0.2, 0.25) is 0 Å². The molecule has 0 atom stereocenters. The Kier molecular flexibility index (Phi) is 4.99. The number of H-pyrrole nitrogens is 1. The van der Waals surface area contributed by atoms with E-state index in [1.54, 1.807) is 12.1 Å². The Bertz CT molecular complexity index is 1070. The van der Waals surface area contributed by atoms with Gasteiger partial charge in [-0.1, -0.05) is 42.1 Å². The Morgan fingerprint density at radius 3 is 2.61 bits per heavy atom. The van der Waals surface area contributed by atoms with Gasteiger partial charge in [-0.05, 0) is 23.8 Å². The van der Waals surface area contributed by atoms with Gasteiger partial charge in [0.1, 0.15) is 5.75 Å². The van der Waals surface area contributed by atoms with Crippen molar-refractivity contribution in [3.8, 4) is 17.2 Å². The second-order valence-corrected chi connectivity index (χ2v) is 6.88. The number of benzene rings is 2. The normalized spacial score (nSPS) is 11.8. The van der Waals surface area contributed by atoms with Crippen molar-refractivity contribution < 1.29 is 22.3 Å². The first-order valence-electron chi connectivity index (χ1n) is 8.29. The van der Waals surface area contributed by atoms with Gasteiger partial charge in [-0.25, -0.2) is 0 Å². The van der Waals surface area contributed by atoms with Crippen molar-refractivity contribution >= 4 is 22.7 Å². The maximum absolute atomic E-state index is 12.2. The van der Waals surface area contributed by atoms with E-state index in [1.165, 1.54) is 23.9 Å². The molecule has 0 aliphatic rings. The van der Waals surface area contributed by atoms with Crippen LogP contribution in [0.4, 0.5) is 13.2 Å². The van der Waals surface area contributed by atoms with E-state index >= 15 is 0 Å². The van der Waals surface area contributed by atoms with Crippen LogP contribution in [-0.4, -0.2) is 28.0 Å². The number of ether oxygens (including phenoxy) is 1. The van der Waals surface area contributed by atoms with Crippen LogP contribution in [0.15, 0.2) is 64.4 Å². The largest absolute Gasteiger partial charge is 0.484 e. The molecule has 0 aliphatic carbocycles. The van der Waals surface area contributed by atoms with Crippen LogP contribution in [0, 0.1) is 0 Å². The fraction of sp³-hybridized carbons (Fsp3) is 0.158. The van der Waals surface area contributed by atoms with Crippen molar-refractivity contribution in [2.24, 2.45) is 0 Å². The highest BCUT2D eigenvalue weighted by molar-refractivity contribution is 7.98. The minimum atomic E-state index is -4.35. The van der Waals surface area contributed by atoms with Gasteiger partial charge in [0.25, 0.3) is 11.1 Å². The molecule has 0 saturated carbocycles. The van der Waals surface area contributed by atoms with E-state index in [1.807, 2.05) is 30.5 Å². The first kappa shape index (κ1) is 18.4. The highest BCUT2D eigenvalue weighted by Crippen LogP contribution is 2.30. The zero-order valence-corrected chi connectivity index (χ0v) is 15.2. The van der Waals surface area contributed by atoms with Crippen molar-refractivity contribution in [2.45, 2.75) is 17.2 Å². The van der Waals surface area contributed by atoms with Crippen LogP contribution >= 0.6 is 11.8 Å². The predicted molar refractivity (Wildman–Crippen MR) is 99.1 cm³/mol. The van der Waals surface area contributed by atoms with Crippen LogP contribution < -0.4 is 4.74 Å². The average Bonchev–Trinajstić information content (AvgIpc) is 3.31. The summed E-state index contributed by atoms with van der Waals surface area (Å²) in [4.78, 5) is 3.16. The van der Waals surface area contributed by atoms with Crippen LogP contribution in [-0.2, 0) is 5.75 Å². The second-order valence-electron chi connectivity index (χ2n) is 5.96. The number of hydrogen-bond donors (Lipinski definition) is 1. The molecule has 28 heavy (non-hydrogen) atoms. The van der Waals surface area contributed by atoms with E-state index < -0.39 is 12.8 Å². The summed E-state index contributed by atoms with van der Waals surface area (Å²) < 4.78 is 46.9. The molecule has 2 aromatic heterocycles. The average molecular weight is 405 g/mol. The maximum atomic E-state index is 12.2. The minimum Gasteiger partial charge on any atom is -0.484 e. The second kappa shape index (κ2) is 7.59. The van der Waals surface area contributed by atoms with Gasteiger partial charge in [-0.2, -0.15) is 13.2 Å². The molecular formula is C19H14F3N3O2S. The summed E-state index contributed by atoms with van der Waals surface area (Å²) in [6.07, 6.45) is -2.53. The van der Waals surface area contributed by atoms with Crippen molar-refractivity contribution in [1.29, 1.82) is 0 Å². The molecule has 0 unspecified atom stereocenters. The molecule has 0 radical (unpaired) electrons. The fourth-order valence-corrected chi connectivity index (χ4v) is 3.34. The smallest absolute Gasteiger partial charge is 0.422 e. The fourth-order valence-electron chi connectivity index (χ4n) is 2.62. The summed E-state index contributed by atoms with van der Waals surface area (Å²) in [5.41, 5.74) is 2.72. The van der Waals surface area contributed by atoms with Gasteiger partial charge in [-0.3, -0.25) is 0 Å². The topological polar surface area (TPSA) is 63.9 Å². The lowest BCUT2D eigenvalue weighted by molar-refractivity contribution is -0.153. The first-order valence-corrected chi connectivity index (χ1v) is 9.28. The lowest BCUT2D eigenvalue weighted by Crippen LogP contribution is -2.19. The molecule has 5 nitrogen and oxygen atoms in total. The number of nitrogens with zero attached hydrogens (tertiary/aromatic N) is 2. The lowest BCUT2D eigenvalue weighted by atomic mass is 10.2. The number of para-hydroxylation sites is 1. The SMILES string of the molecule is FC(F)(F)COc1ccc(CSc2nnc(-c3c[nH]c4ccccc34)o2)cc1. The van der Waals surface area contributed by atoms with Gasteiger partial charge >= 0.3 is 6.18 Å². The monoisotopic (exact) mass is 405 g/mol. The quantitative estimate of drug-likeness (QED) is 0.432. The zero-order chi connectivity index (χ0) is 19.6. The van der Waals surface area contributed by atoms with Crippen LogP contribution in [0.3, 0.4) is 0 Å². The van der Waals surface area contributed by atoms with Crippen LogP contribution in [0.1, 0.15) is 5.56 Å². The molecule has 2 heterocycles. The van der Waals surface area contributed by atoms with E-state index in [2.05, 4.69) is 15.2 Å². The maximum Gasteiger partial charge on any atom is 0.422 e. The lowest BCUT2D eigenvalue weighted by Gasteiger charge is -2.09. The summed E-state index contributed by atoms with van der Waals surface area (Å²) in [6.45, 7) is -1.31. The van der Waals surface area contributed by atoms with E-state index in [0.29, 0.717) is 16.9 Å². The number of alkyl halides is 3. The Morgan fingerprint density at radius 2 is 1.82 bits per heavy atom. The summed E-state index contributed by atoms with van der Waals surface area (Å²) in [6, 6.07) is 14.2. The molecular weight excluding hydrogens is 391 g/mol. The number of aromatic amines is 1. The Balaban J connectivity index is 1.38. The molecule has 0 aliphatic heterocycles. The van der Waals surface area contributed by atoms with Gasteiger partial charge in [0.05, 0.1) is 5.56 Å². The van der Waals surface area contributed by atoms with Gasteiger partial charge in [0.15, 0.2) is 6.61 Å². The molecule has 0 fully saturated rings. The van der Waals surface area contributed by atoms with Gasteiger partial charge in [0, 0.05) is 22.9 Å². The molecule has 2 aromatic carbocycles. The molecule has 0 saturated heterocycles. The number of aromatic nitrogens is 3. The third-order valence-corrected chi connectivity index (χ3v) is 4.80. The predicted octanol–water partition coefficient (Wildman–Crippen LogP) is 5.45. The van der Waals surface area contributed by atoms with E-state index in [0.717, 1.165) is 22.0 Å². The van der Waals surface area contributed by atoms with Crippen LogP contribution in [0.25, 0.3) is 22.4 Å². The summed E-state index contributed by atoms with van der Waals surface area (Å²) in [7, 11) is 0. The van der Waals surface area contributed by atoms with Gasteiger partial charge in [0.2, 0.25) is 0 Å². The van der Waals surface area contributed by atoms with Crippen LogP contribution in [0.5, 0.6) is 5.75 Å². The van der Waals surface area contributed by atoms with E-state index in [-0.39, 0.29) is 5.75 Å². The third-order valence-electron chi connectivity index (χ3n) is 3.91. The number of rotatable bonds is 6. The Morgan fingerprint density at radius 1 is 1.04 bits per heavy atom. The standard InChI is InChI=1S/C19H14F3N3O2S/c20-19(21,22)11-26-13-7-5-12(6-8-13)10-28-18-25-24-17(27-18)15-9-23-16-4-2-1-3-14(15)16/h1-9,23H,10-11H2. The number of fused-ring (bicyclic) bond motifs is 1. The summed E-state index contributed by atoms with van der Waals surface area (Å²) in [5.74, 6) is 1.14. The highest BCUT2D eigenvalue weighted by Gasteiger charge is 2.28. The van der Waals surface area contributed by atoms with Crippen molar-refractivity contribution in [3.63, 3.8) is 0 Å². The molecule has 144 valence electrons. The molecule has 0 bridgehead atoms. The molecule has 4 rings (SSSR count). The Hall–Kier alpha value is -2.94. The van der Waals surface area contributed by atoms with Crippen molar-refractivity contribution in [2.75, 3.05) is 6.61 Å². The molecule has 0 spiro atoms. The minimum absolute atomic E-state index is 0.172. The number of halogens is 3. The number of hydrogen-bond acceptors (Lipinski definition) is 5. The van der Waals surface area contributed by atoms with E-state index in [4.69, 9.17) is 9.15 Å². The van der Waals surface area contributed by atoms with Crippen molar-refractivity contribution in [3.05, 3.63) is 60.3 Å². The third kappa shape index (κ3) is 4.30. The first-order chi connectivity index (χ1) is 13.5. The van der Waals surface area contributed by atoms with Gasteiger partial charge < -0.3 is 14.1 Å².